The lowest BCUT2D eigenvalue weighted by atomic mass is 9.94. The van der Waals surface area contributed by atoms with Crippen LogP contribution in [0.1, 0.15) is 18.4 Å². The second-order valence-corrected chi connectivity index (χ2v) is 4.43. The van der Waals surface area contributed by atoms with Gasteiger partial charge in [-0.15, -0.1) is 0 Å². The van der Waals surface area contributed by atoms with Gasteiger partial charge in [0.2, 0.25) is 0 Å². The van der Waals surface area contributed by atoms with Crippen LogP contribution in [0.15, 0.2) is 28.7 Å². The van der Waals surface area contributed by atoms with Crippen LogP contribution in [0.2, 0.25) is 0 Å². The van der Waals surface area contributed by atoms with Crippen LogP contribution < -0.4 is 0 Å². The van der Waals surface area contributed by atoms with Crippen molar-refractivity contribution in [3.63, 3.8) is 0 Å². The van der Waals surface area contributed by atoms with Gasteiger partial charge in [0.1, 0.15) is 5.78 Å². The molecular formula is C11H11BrO2. The first kappa shape index (κ1) is 9.87. The van der Waals surface area contributed by atoms with E-state index in [1.54, 1.807) is 0 Å². The molecule has 1 aromatic carbocycles. The van der Waals surface area contributed by atoms with Crippen LogP contribution >= 0.6 is 15.9 Å². The second kappa shape index (κ2) is 4.24. The number of carbonyl (C=O) groups is 1. The molecule has 0 bridgehead atoms. The standard InChI is InChI=1S/C11H11BrO2/c12-9-3-1-2-8(4-9)7-14-11-5-10(13)6-11/h1-4,11H,5-7H2. The van der Waals surface area contributed by atoms with Crippen molar-refractivity contribution in [1.29, 1.82) is 0 Å². The van der Waals surface area contributed by atoms with Crippen molar-refractivity contribution >= 4 is 21.7 Å². The fraction of sp³-hybridized carbons (Fsp3) is 0.364. The molecule has 74 valence electrons. The Labute approximate surface area is 91.4 Å². The van der Waals surface area contributed by atoms with Gasteiger partial charge in [0.15, 0.2) is 0 Å². The molecule has 0 radical (unpaired) electrons. The number of ether oxygens (including phenoxy) is 1. The summed E-state index contributed by atoms with van der Waals surface area (Å²) >= 11 is 3.40. The zero-order chi connectivity index (χ0) is 9.97. The molecule has 1 aliphatic rings. The zero-order valence-electron chi connectivity index (χ0n) is 7.70. The fourth-order valence-electron chi connectivity index (χ4n) is 1.41. The molecule has 0 aromatic heterocycles. The second-order valence-electron chi connectivity index (χ2n) is 3.51. The van der Waals surface area contributed by atoms with E-state index in [0.29, 0.717) is 25.2 Å². The highest BCUT2D eigenvalue weighted by Gasteiger charge is 2.26. The largest absolute Gasteiger partial charge is 0.373 e. The molecule has 3 heteroatoms. The van der Waals surface area contributed by atoms with Gasteiger partial charge in [-0.1, -0.05) is 28.1 Å². The van der Waals surface area contributed by atoms with E-state index >= 15 is 0 Å². The first-order chi connectivity index (χ1) is 6.74. The summed E-state index contributed by atoms with van der Waals surface area (Å²) in [6.07, 6.45) is 1.34. The number of Topliss-reactive ketones (excluding diaryl/α,β-unsaturated/α-hetero) is 1. The van der Waals surface area contributed by atoms with E-state index in [-0.39, 0.29) is 6.10 Å². The van der Waals surface area contributed by atoms with Crippen molar-refractivity contribution in [2.75, 3.05) is 0 Å². The number of hydrogen-bond donors (Lipinski definition) is 0. The van der Waals surface area contributed by atoms with Gasteiger partial charge in [0.05, 0.1) is 12.7 Å². The third-order valence-corrected chi connectivity index (χ3v) is 2.78. The smallest absolute Gasteiger partial charge is 0.138 e. The molecule has 0 N–H and O–H groups in total. The summed E-state index contributed by atoms with van der Waals surface area (Å²) < 4.78 is 6.61. The third-order valence-electron chi connectivity index (χ3n) is 2.29. The molecule has 0 spiro atoms. The minimum atomic E-state index is 0.154. The molecule has 2 nitrogen and oxygen atoms in total. The van der Waals surface area contributed by atoms with Crippen LogP contribution in [0.4, 0.5) is 0 Å². The van der Waals surface area contributed by atoms with Crippen LogP contribution in [-0.4, -0.2) is 11.9 Å². The SMILES string of the molecule is O=C1CC(OCc2cccc(Br)c2)C1. The van der Waals surface area contributed by atoms with Gasteiger partial charge in [-0.3, -0.25) is 4.79 Å². The predicted molar refractivity (Wildman–Crippen MR) is 57.0 cm³/mol. The quantitative estimate of drug-likeness (QED) is 0.830. The van der Waals surface area contributed by atoms with E-state index in [1.165, 1.54) is 0 Å². The number of carbonyl (C=O) groups excluding carboxylic acids is 1. The molecule has 14 heavy (non-hydrogen) atoms. The maximum atomic E-state index is 10.7. The predicted octanol–water partition coefficient (Wildman–Crippen LogP) is 2.70. The first-order valence-electron chi connectivity index (χ1n) is 4.62. The first-order valence-corrected chi connectivity index (χ1v) is 5.41. The Bertz CT molecular complexity index is 341. The molecule has 0 unspecified atom stereocenters. The molecule has 1 fully saturated rings. The molecule has 1 aliphatic carbocycles. The highest BCUT2D eigenvalue weighted by Crippen LogP contribution is 2.20. The monoisotopic (exact) mass is 254 g/mol. The van der Waals surface area contributed by atoms with Gasteiger partial charge in [-0.2, -0.15) is 0 Å². The van der Waals surface area contributed by atoms with Gasteiger partial charge in [-0.05, 0) is 17.7 Å². The third kappa shape index (κ3) is 2.42. The highest BCUT2D eigenvalue weighted by molar-refractivity contribution is 9.10. The number of halogens is 1. The summed E-state index contributed by atoms with van der Waals surface area (Å²) in [5, 5.41) is 0. The summed E-state index contributed by atoms with van der Waals surface area (Å²) in [6.45, 7) is 0.595. The zero-order valence-corrected chi connectivity index (χ0v) is 9.29. The van der Waals surface area contributed by atoms with Gasteiger partial charge in [-0.25, -0.2) is 0 Å². The number of ketones is 1. The lowest BCUT2D eigenvalue weighted by Crippen LogP contribution is -2.31. The van der Waals surface area contributed by atoms with Crippen molar-refractivity contribution in [3.05, 3.63) is 34.3 Å². The molecular weight excluding hydrogens is 244 g/mol. The highest BCUT2D eigenvalue weighted by atomic mass is 79.9. The van der Waals surface area contributed by atoms with Gasteiger partial charge in [0, 0.05) is 17.3 Å². The van der Waals surface area contributed by atoms with E-state index in [2.05, 4.69) is 15.9 Å². The number of benzene rings is 1. The summed E-state index contributed by atoms with van der Waals surface area (Å²) in [7, 11) is 0. The Balaban J connectivity index is 1.83. The van der Waals surface area contributed by atoms with Crippen LogP contribution in [0.3, 0.4) is 0 Å². The fourth-order valence-corrected chi connectivity index (χ4v) is 1.85. The van der Waals surface area contributed by atoms with Crippen molar-refractivity contribution in [2.45, 2.75) is 25.6 Å². The van der Waals surface area contributed by atoms with Crippen LogP contribution in [0.25, 0.3) is 0 Å². The van der Waals surface area contributed by atoms with E-state index in [4.69, 9.17) is 4.74 Å². The van der Waals surface area contributed by atoms with Crippen LogP contribution in [-0.2, 0) is 16.1 Å². The summed E-state index contributed by atoms with van der Waals surface area (Å²) in [4.78, 5) is 10.7. The molecule has 0 heterocycles. The molecule has 0 amide bonds. The average Bonchev–Trinajstić information content (AvgIpc) is 2.11. The normalized spacial score (nSPS) is 16.8. The Hall–Kier alpha value is -0.670. The van der Waals surface area contributed by atoms with Crippen molar-refractivity contribution < 1.29 is 9.53 Å². The lowest BCUT2D eigenvalue weighted by Gasteiger charge is -2.24. The lowest BCUT2D eigenvalue weighted by molar-refractivity contribution is -0.135. The van der Waals surface area contributed by atoms with Gasteiger partial charge < -0.3 is 4.74 Å². The van der Waals surface area contributed by atoms with Crippen molar-refractivity contribution in [3.8, 4) is 0 Å². The molecule has 1 aromatic rings. The number of rotatable bonds is 3. The maximum absolute atomic E-state index is 10.7. The summed E-state index contributed by atoms with van der Waals surface area (Å²) in [5.41, 5.74) is 1.14. The molecule has 0 saturated heterocycles. The van der Waals surface area contributed by atoms with Crippen molar-refractivity contribution in [1.82, 2.24) is 0 Å². The van der Waals surface area contributed by atoms with Crippen molar-refractivity contribution in [2.24, 2.45) is 0 Å². The maximum Gasteiger partial charge on any atom is 0.138 e. The van der Waals surface area contributed by atoms with Crippen LogP contribution in [0.5, 0.6) is 0 Å². The van der Waals surface area contributed by atoms with E-state index in [9.17, 15) is 4.79 Å². The Morgan fingerprint density at radius 1 is 1.43 bits per heavy atom. The number of hydrogen-bond acceptors (Lipinski definition) is 2. The minimum absolute atomic E-state index is 0.154. The van der Waals surface area contributed by atoms with E-state index in [0.717, 1.165) is 10.0 Å². The van der Waals surface area contributed by atoms with E-state index < -0.39 is 0 Å². The Morgan fingerprint density at radius 3 is 2.86 bits per heavy atom. The Kier molecular flexibility index (Phi) is 2.99. The molecule has 0 atom stereocenters. The summed E-state index contributed by atoms with van der Waals surface area (Å²) in [5.74, 6) is 0.309. The van der Waals surface area contributed by atoms with E-state index in [1.807, 2.05) is 24.3 Å². The molecule has 2 rings (SSSR count). The molecule has 1 saturated carbocycles. The minimum Gasteiger partial charge on any atom is -0.373 e. The Morgan fingerprint density at radius 2 is 2.21 bits per heavy atom. The average molecular weight is 255 g/mol. The molecule has 0 aliphatic heterocycles. The van der Waals surface area contributed by atoms with Crippen LogP contribution in [0, 0.1) is 0 Å². The summed E-state index contributed by atoms with van der Waals surface area (Å²) in [6, 6.07) is 8.01. The topological polar surface area (TPSA) is 26.3 Å². The van der Waals surface area contributed by atoms with Gasteiger partial charge in [0.25, 0.3) is 0 Å². The van der Waals surface area contributed by atoms with Gasteiger partial charge >= 0.3 is 0 Å².